The zero-order chi connectivity index (χ0) is 11.6. The van der Waals surface area contributed by atoms with Gasteiger partial charge in [-0.05, 0) is 0 Å². The first-order valence-corrected chi connectivity index (χ1v) is 4.54. The molecule has 0 amide bonds. The van der Waals surface area contributed by atoms with Crippen LogP contribution in [0.4, 0.5) is 0 Å². The second kappa shape index (κ2) is 5.17. The highest BCUT2D eigenvalue weighted by Gasteiger charge is 2.44. The lowest BCUT2D eigenvalue weighted by molar-refractivity contribution is -0.221. The van der Waals surface area contributed by atoms with Gasteiger partial charge < -0.3 is 35.0 Å². The zero-order valence-electron chi connectivity index (χ0n) is 8.22. The summed E-state index contributed by atoms with van der Waals surface area (Å²) in [6.45, 7) is -0.558. The van der Waals surface area contributed by atoms with Gasteiger partial charge in [-0.3, -0.25) is 0 Å². The average molecular weight is 224 g/mol. The Bertz CT molecular complexity index is 170. The molecule has 7 heteroatoms. The Hall–Kier alpha value is -0.280. The van der Waals surface area contributed by atoms with Crippen molar-refractivity contribution in [3.63, 3.8) is 0 Å². The molecule has 5 N–H and O–H groups in total. The maximum absolute atomic E-state index is 9.47. The third-order valence-electron chi connectivity index (χ3n) is 2.43. The van der Waals surface area contributed by atoms with Crippen molar-refractivity contribution in [3.05, 3.63) is 0 Å². The van der Waals surface area contributed by atoms with Crippen LogP contribution in [0.25, 0.3) is 0 Å². The molecule has 0 radical (unpaired) electrons. The monoisotopic (exact) mass is 224 g/mol. The molecular formula is C8H16O7. The highest BCUT2D eigenvalue weighted by molar-refractivity contribution is 4.90. The first-order chi connectivity index (χ1) is 7.02. The summed E-state index contributed by atoms with van der Waals surface area (Å²) in [5.74, 6) is 0. The number of ether oxygens (including phenoxy) is 2. The predicted molar refractivity (Wildman–Crippen MR) is 46.8 cm³/mol. The summed E-state index contributed by atoms with van der Waals surface area (Å²) in [6.07, 6.45) is -8.49. The number of aliphatic hydroxyl groups excluding tert-OH is 5. The number of aliphatic hydroxyl groups is 5. The molecule has 0 saturated carbocycles. The Balaban J connectivity index is 2.85. The van der Waals surface area contributed by atoms with Crippen LogP contribution in [0, 0.1) is 0 Å². The van der Waals surface area contributed by atoms with Crippen LogP contribution >= 0.6 is 0 Å². The molecule has 0 aromatic carbocycles. The molecule has 1 fully saturated rings. The number of hydrogen-bond acceptors (Lipinski definition) is 7. The van der Waals surface area contributed by atoms with E-state index in [4.69, 9.17) is 14.6 Å². The molecule has 1 aliphatic rings. The van der Waals surface area contributed by atoms with Crippen molar-refractivity contribution in [2.45, 2.75) is 36.8 Å². The fourth-order valence-corrected chi connectivity index (χ4v) is 1.46. The fraction of sp³-hybridized carbons (Fsp3) is 1.00. The molecule has 0 aromatic heterocycles. The van der Waals surface area contributed by atoms with Crippen LogP contribution < -0.4 is 0 Å². The second-order valence-corrected chi connectivity index (χ2v) is 3.42. The molecule has 1 heterocycles. The molecule has 7 nitrogen and oxygen atoms in total. The standard InChI is InChI=1S/C8H16O7/c1-14-8-7(13)6(12)5(11)4(10)3(2-9)15-8/h3-13H,2H2,1H3/t3-,4+,5+,6-,7-,8-/m1/s1. The minimum atomic E-state index is -1.60. The lowest BCUT2D eigenvalue weighted by atomic mass is 10.0. The van der Waals surface area contributed by atoms with Crippen molar-refractivity contribution >= 4 is 0 Å². The van der Waals surface area contributed by atoms with Crippen LogP contribution in [0.15, 0.2) is 0 Å². The molecule has 0 bridgehead atoms. The Kier molecular flexibility index (Phi) is 4.41. The van der Waals surface area contributed by atoms with Crippen molar-refractivity contribution in [1.82, 2.24) is 0 Å². The lowest BCUT2D eigenvalue weighted by Crippen LogP contribution is -2.47. The van der Waals surface area contributed by atoms with Crippen molar-refractivity contribution in [1.29, 1.82) is 0 Å². The van der Waals surface area contributed by atoms with Gasteiger partial charge in [-0.1, -0.05) is 0 Å². The molecule has 0 spiro atoms. The van der Waals surface area contributed by atoms with Crippen molar-refractivity contribution in [2.24, 2.45) is 0 Å². The van der Waals surface area contributed by atoms with Crippen molar-refractivity contribution in [2.75, 3.05) is 13.7 Å². The highest BCUT2D eigenvalue weighted by Crippen LogP contribution is 2.21. The topological polar surface area (TPSA) is 120 Å². The van der Waals surface area contributed by atoms with E-state index >= 15 is 0 Å². The van der Waals surface area contributed by atoms with E-state index in [9.17, 15) is 20.4 Å². The molecule has 1 rings (SSSR count). The van der Waals surface area contributed by atoms with Gasteiger partial charge in [0.1, 0.15) is 30.5 Å². The van der Waals surface area contributed by atoms with Gasteiger partial charge in [0.25, 0.3) is 0 Å². The summed E-state index contributed by atoms with van der Waals surface area (Å²) in [7, 11) is 1.24. The average Bonchev–Trinajstić information content (AvgIpc) is 2.33. The Morgan fingerprint density at radius 3 is 2.00 bits per heavy atom. The number of rotatable bonds is 2. The maximum Gasteiger partial charge on any atom is 0.186 e. The molecule has 6 atom stereocenters. The van der Waals surface area contributed by atoms with E-state index in [0.29, 0.717) is 0 Å². The minimum absolute atomic E-state index is 0.558. The molecule has 15 heavy (non-hydrogen) atoms. The normalized spacial score (nSPS) is 47.6. The second-order valence-electron chi connectivity index (χ2n) is 3.42. The van der Waals surface area contributed by atoms with Gasteiger partial charge in [0.2, 0.25) is 0 Å². The van der Waals surface area contributed by atoms with E-state index in [0.717, 1.165) is 0 Å². The summed E-state index contributed by atoms with van der Waals surface area (Å²) >= 11 is 0. The van der Waals surface area contributed by atoms with E-state index in [2.05, 4.69) is 0 Å². The van der Waals surface area contributed by atoms with E-state index in [-0.39, 0.29) is 0 Å². The smallest absolute Gasteiger partial charge is 0.186 e. The Morgan fingerprint density at radius 1 is 1.00 bits per heavy atom. The first kappa shape index (κ1) is 12.8. The van der Waals surface area contributed by atoms with Gasteiger partial charge in [0, 0.05) is 7.11 Å². The lowest BCUT2D eigenvalue weighted by Gasteiger charge is -2.23. The van der Waals surface area contributed by atoms with Crippen LogP contribution in [-0.2, 0) is 9.47 Å². The summed E-state index contributed by atoms with van der Waals surface area (Å²) in [5, 5.41) is 46.6. The van der Waals surface area contributed by atoms with Crippen LogP contribution in [0.3, 0.4) is 0 Å². The molecule has 0 unspecified atom stereocenters. The van der Waals surface area contributed by atoms with Gasteiger partial charge in [0.15, 0.2) is 6.29 Å². The largest absolute Gasteiger partial charge is 0.394 e. The zero-order valence-corrected chi connectivity index (χ0v) is 8.22. The van der Waals surface area contributed by atoms with E-state index in [1.54, 1.807) is 0 Å². The third kappa shape index (κ3) is 2.45. The SMILES string of the molecule is CO[C@@H]1O[C@H](CO)[C@H](O)[C@H](O)[C@@H](O)[C@H]1O. The van der Waals surface area contributed by atoms with Gasteiger partial charge in [-0.25, -0.2) is 0 Å². The molecule has 0 aliphatic carbocycles. The number of hydrogen-bond donors (Lipinski definition) is 5. The van der Waals surface area contributed by atoms with Gasteiger partial charge in [-0.15, -0.1) is 0 Å². The summed E-state index contributed by atoms with van der Waals surface area (Å²) < 4.78 is 9.70. The van der Waals surface area contributed by atoms with Gasteiger partial charge >= 0.3 is 0 Å². The Labute approximate surface area is 86.5 Å². The fourth-order valence-electron chi connectivity index (χ4n) is 1.46. The number of methoxy groups -OCH3 is 1. The van der Waals surface area contributed by atoms with Crippen LogP contribution in [-0.4, -0.2) is 76.1 Å². The molecule has 90 valence electrons. The summed E-state index contributed by atoms with van der Waals surface area (Å²) in [4.78, 5) is 0. The molecule has 0 aromatic rings. The highest BCUT2D eigenvalue weighted by atomic mass is 16.7. The molecule has 1 saturated heterocycles. The minimum Gasteiger partial charge on any atom is -0.394 e. The van der Waals surface area contributed by atoms with Crippen molar-refractivity contribution < 1.29 is 35.0 Å². The van der Waals surface area contributed by atoms with Crippen molar-refractivity contribution in [3.8, 4) is 0 Å². The summed E-state index contributed by atoms with van der Waals surface area (Å²) in [5.41, 5.74) is 0. The van der Waals surface area contributed by atoms with Crippen LogP contribution in [0.5, 0.6) is 0 Å². The summed E-state index contributed by atoms with van der Waals surface area (Å²) in [6, 6.07) is 0. The molecule has 1 aliphatic heterocycles. The first-order valence-electron chi connectivity index (χ1n) is 4.54. The van der Waals surface area contributed by atoms with E-state index < -0.39 is 43.4 Å². The van der Waals surface area contributed by atoms with E-state index in [1.807, 2.05) is 0 Å². The van der Waals surface area contributed by atoms with Crippen LogP contribution in [0.2, 0.25) is 0 Å². The van der Waals surface area contributed by atoms with Crippen LogP contribution in [0.1, 0.15) is 0 Å². The maximum atomic E-state index is 9.47. The quantitative estimate of drug-likeness (QED) is 0.335. The van der Waals surface area contributed by atoms with Gasteiger partial charge in [-0.2, -0.15) is 0 Å². The van der Waals surface area contributed by atoms with Gasteiger partial charge in [0.05, 0.1) is 6.61 Å². The third-order valence-corrected chi connectivity index (χ3v) is 2.43. The molecular weight excluding hydrogens is 208 g/mol. The Morgan fingerprint density at radius 2 is 1.53 bits per heavy atom. The predicted octanol–water partition coefficient (Wildman–Crippen LogP) is -3.21. The van der Waals surface area contributed by atoms with E-state index in [1.165, 1.54) is 7.11 Å².